The van der Waals surface area contributed by atoms with Crippen LogP contribution in [0.3, 0.4) is 0 Å². The predicted molar refractivity (Wildman–Crippen MR) is 108 cm³/mol. The van der Waals surface area contributed by atoms with Crippen LogP contribution in [0, 0.1) is 0 Å². The van der Waals surface area contributed by atoms with Crippen LogP contribution in [0.2, 0.25) is 0 Å². The lowest BCUT2D eigenvalue weighted by molar-refractivity contribution is -0.121. The topological polar surface area (TPSA) is 74.8 Å². The molecular weight excluding hydrogens is 328 g/mol. The van der Waals surface area contributed by atoms with Crippen molar-refractivity contribution in [2.45, 2.75) is 53.0 Å². The van der Waals surface area contributed by atoms with Crippen molar-refractivity contribution in [1.29, 1.82) is 0 Å². The van der Waals surface area contributed by atoms with Gasteiger partial charge in [-0.05, 0) is 58.2 Å². The first-order chi connectivity index (χ1) is 12.3. The molecule has 1 rings (SSSR count). The van der Waals surface area contributed by atoms with E-state index in [0.717, 1.165) is 38.3 Å². The second kappa shape index (κ2) is 11.4. The van der Waals surface area contributed by atoms with Gasteiger partial charge in [0, 0.05) is 18.6 Å². The van der Waals surface area contributed by atoms with Crippen LogP contribution >= 0.6 is 0 Å². The molecule has 0 aromatic heterocycles. The molecule has 0 aliphatic carbocycles. The summed E-state index contributed by atoms with van der Waals surface area (Å²) in [5, 5.41) is 9.33. The standard InChI is InChI=1S/C20H34N4O2/c1-6-13-26-17-10-8-9-16(14-17)11-12-22-19(21-7-2)23-15-18(25)24-20(3,4)5/h8-10,14H,6-7,11-13,15H2,1-5H3,(H,24,25)(H2,21,22,23). The van der Waals surface area contributed by atoms with Gasteiger partial charge in [0.15, 0.2) is 5.96 Å². The van der Waals surface area contributed by atoms with Crippen LogP contribution in [0.25, 0.3) is 0 Å². The second-order valence-corrected chi connectivity index (χ2v) is 7.17. The Morgan fingerprint density at radius 2 is 1.96 bits per heavy atom. The normalized spacial score (nSPS) is 11.8. The molecule has 6 heteroatoms. The minimum atomic E-state index is -0.247. The highest BCUT2D eigenvalue weighted by Gasteiger charge is 2.13. The lowest BCUT2D eigenvalue weighted by Crippen LogP contribution is -2.43. The van der Waals surface area contributed by atoms with Crippen LogP contribution in [-0.2, 0) is 11.2 Å². The maximum absolute atomic E-state index is 11.9. The van der Waals surface area contributed by atoms with Gasteiger partial charge in [-0.3, -0.25) is 4.79 Å². The SMILES string of the molecule is CCCOc1cccc(CCNC(=NCC(=O)NC(C)(C)C)NCC)c1. The molecule has 146 valence electrons. The van der Waals surface area contributed by atoms with E-state index in [4.69, 9.17) is 4.74 Å². The highest BCUT2D eigenvalue weighted by atomic mass is 16.5. The molecular formula is C20H34N4O2. The smallest absolute Gasteiger partial charge is 0.242 e. The van der Waals surface area contributed by atoms with Crippen molar-refractivity contribution in [2.75, 3.05) is 26.2 Å². The number of carbonyl (C=O) groups is 1. The Hall–Kier alpha value is -2.24. The molecule has 0 aliphatic heterocycles. The first-order valence-electron chi connectivity index (χ1n) is 9.39. The van der Waals surface area contributed by atoms with Gasteiger partial charge in [-0.2, -0.15) is 0 Å². The van der Waals surface area contributed by atoms with E-state index in [0.29, 0.717) is 5.96 Å². The number of benzene rings is 1. The zero-order valence-electron chi connectivity index (χ0n) is 16.8. The third-order valence-corrected chi connectivity index (χ3v) is 3.32. The maximum atomic E-state index is 11.9. The largest absolute Gasteiger partial charge is 0.494 e. The number of nitrogens with zero attached hydrogens (tertiary/aromatic N) is 1. The number of guanidine groups is 1. The molecule has 0 atom stereocenters. The molecule has 0 radical (unpaired) electrons. The van der Waals surface area contributed by atoms with Crippen molar-refractivity contribution in [3.8, 4) is 5.75 Å². The fraction of sp³-hybridized carbons (Fsp3) is 0.600. The summed E-state index contributed by atoms with van der Waals surface area (Å²) in [6.45, 7) is 12.3. The summed E-state index contributed by atoms with van der Waals surface area (Å²) in [4.78, 5) is 16.2. The van der Waals surface area contributed by atoms with E-state index in [9.17, 15) is 4.79 Å². The second-order valence-electron chi connectivity index (χ2n) is 7.17. The van der Waals surface area contributed by atoms with Crippen molar-refractivity contribution in [1.82, 2.24) is 16.0 Å². The van der Waals surface area contributed by atoms with Gasteiger partial charge in [-0.15, -0.1) is 0 Å². The van der Waals surface area contributed by atoms with Crippen LogP contribution < -0.4 is 20.7 Å². The summed E-state index contributed by atoms with van der Waals surface area (Å²) in [6, 6.07) is 8.14. The van der Waals surface area contributed by atoms with Crippen molar-refractivity contribution in [3.05, 3.63) is 29.8 Å². The number of aliphatic imine (C=N–C) groups is 1. The van der Waals surface area contributed by atoms with E-state index >= 15 is 0 Å². The summed E-state index contributed by atoms with van der Waals surface area (Å²) in [5.74, 6) is 1.47. The molecule has 0 aliphatic rings. The van der Waals surface area contributed by atoms with E-state index in [1.54, 1.807) is 0 Å². The van der Waals surface area contributed by atoms with Gasteiger partial charge in [-0.1, -0.05) is 19.1 Å². The summed E-state index contributed by atoms with van der Waals surface area (Å²) >= 11 is 0. The Morgan fingerprint density at radius 1 is 1.19 bits per heavy atom. The summed E-state index contributed by atoms with van der Waals surface area (Å²) in [6.07, 6.45) is 1.85. The number of rotatable bonds is 9. The highest BCUT2D eigenvalue weighted by molar-refractivity contribution is 5.85. The quantitative estimate of drug-likeness (QED) is 0.466. The molecule has 0 saturated carbocycles. The van der Waals surface area contributed by atoms with Gasteiger partial charge in [0.05, 0.1) is 6.61 Å². The predicted octanol–water partition coefficient (Wildman–Crippen LogP) is 2.49. The number of carbonyl (C=O) groups excluding carboxylic acids is 1. The van der Waals surface area contributed by atoms with Crippen LogP contribution in [-0.4, -0.2) is 43.6 Å². The number of nitrogens with one attached hydrogen (secondary N) is 3. The van der Waals surface area contributed by atoms with E-state index in [-0.39, 0.29) is 18.0 Å². The van der Waals surface area contributed by atoms with Crippen LogP contribution in [0.5, 0.6) is 5.75 Å². The zero-order valence-corrected chi connectivity index (χ0v) is 16.8. The first-order valence-corrected chi connectivity index (χ1v) is 9.39. The molecule has 0 fully saturated rings. The van der Waals surface area contributed by atoms with Gasteiger partial charge >= 0.3 is 0 Å². The monoisotopic (exact) mass is 362 g/mol. The van der Waals surface area contributed by atoms with Gasteiger partial charge in [-0.25, -0.2) is 4.99 Å². The fourth-order valence-electron chi connectivity index (χ4n) is 2.29. The van der Waals surface area contributed by atoms with E-state index in [1.165, 1.54) is 5.56 Å². The summed E-state index contributed by atoms with van der Waals surface area (Å²) < 4.78 is 5.67. The van der Waals surface area contributed by atoms with E-state index < -0.39 is 0 Å². The molecule has 26 heavy (non-hydrogen) atoms. The van der Waals surface area contributed by atoms with E-state index in [2.05, 4.69) is 40.0 Å². The Bertz CT molecular complexity index is 579. The highest BCUT2D eigenvalue weighted by Crippen LogP contribution is 2.13. The Morgan fingerprint density at radius 3 is 2.62 bits per heavy atom. The van der Waals surface area contributed by atoms with Gasteiger partial charge < -0.3 is 20.7 Å². The lowest BCUT2D eigenvalue weighted by atomic mass is 10.1. The Kier molecular flexibility index (Phi) is 9.55. The molecule has 3 N–H and O–H groups in total. The molecule has 0 spiro atoms. The molecule has 1 aromatic rings. The number of hydrogen-bond donors (Lipinski definition) is 3. The fourth-order valence-corrected chi connectivity index (χ4v) is 2.29. The number of amides is 1. The molecule has 1 aromatic carbocycles. The average Bonchev–Trinajstić information content (AvgIpc) is 2.57. The summed E-state index contributed by atoms with van der Waals surface area (Å²) in [7, 11) is 0. The van der Waals surface area contributed by atoms with Crippen LogP contribution in [0.4, 0.5) is 0 Å². The molecule has 0 heterocycles. The minimum absolute atomic E-state index is 0.0875. The summed E-state index contributed by atoms with van der Waals surface area (Å²) in [5.41, 5.74) is 0.955. The maximum Gasteiger partial charge on any atom is 0.242 e. The van der Waals surface area contributed by atoms with Crippen molar-refractivity contribution >= 4 is 11.9 Å². The van der Waals surface area contributed by atoms with Crippen LogP contribution in [0.15, 0.2) is 29.3 Å². The molecule has 0 bridgehead atoms. The molecule has 6 nitrogen and oxygen atoms in total. The Balaban J connectivity index is 2.50. The van der Waals surface area contributed by atoms with Crippen molar-refractivity contribution in [3.63, 3.8) is 0 Å². The van der Waals surface area contributed by atoms with Crippen LogP contribution in [0.1, 0.15) is 46.6 Å². The average molecular weight is 363 g/mol. The third-order valence-electron chi connectivity index (χ3n) is 3.32. The molecule has 0 unspecified atom stereocenters. The lowest BCUT2D eigenvalue weighted by Gasteiger charge is -2.20. The van der Waals surface area contributed by atoms with Crippen molar-refractivity contribution < 1.29 is 9.53 Å². The zero-order chi connectivity index (χ0) is 19.4. The molecule has 0 saturated heterocycles. The Labute approximate surface area is 157 Å². The molecule has 1 amide bonds. The van der Waals surface area contributed by atoms with Gasteiger partial charge in [0.1, 0.15) is 12.3 Å². The van der Waals surface area contributed by atoms with Gasteiger partial charge in [0.2, 0.25) is 5.91 Å². The first kappa shape index (κ1) is 21.8. The van der Waals surface area contributed by atoms with E-state index in [1.807, 2.05) is 39.8 Å². The third kappa shape index (κ3) is 9.91. The number of ether oxygens (including phenoxy) is 1. The minimum Gasteiger partial charge on any atom is -0.494 e. The van der Waals surface area contributed by atoms with Crippen molar-refractivity contribution in [2.24, 2.45) is 4.99 Å². The van der Waals surface area contributed by atoms with Gasteiger partial charge in [0.25, 0.3) is 0 Å². The number of hydrogen-bond acceptors (Lipinski definition) is 3.